The summed E-state index contributed by atoms with van der Waals surface area (Å²) in [4.78, 5) is 19.1. The molecule has 4 aromatic rings. The van der Waals surface area contributed by atoms with Gasteiger partial charge in [-0.05, 0) is 48.5 Å². The zero-order valence-electron chi connectivity index (χ0n) is 17.4. The Bertz CT molecular complexity index is 1210. The van der Waals surface area contributed by atoms with Crippen molar-refractivity contribution in [3.63, 3.8) is 0 Å². The van der Waals surface area contributed by atoms with Crippen LogP contribution in [-0.2, 0) is 24.9 Å². The van der Waals surface area contributed by atoms with E-state index in [0.717, 1.165) is 33.1 Å². The van der Waals surface area contributed by atoms with Gasteiger partial charge in [-0.15, -0.1) is 34.9 Å². The molecule has 4 rings (SSSR count). The van der Waals surface area contributed by atoms with E-state index in [-0.39, 0.29) is 31.6 Å². The zero-order chi connectivity index (χ0) is 21.0. The van der Waals surface area contributed by atoms with Crippen LogP contribution in [0.3, 0.4) is 0 Å². The van der Waals surface area contributed by atoms with Crippen LogP contribution in [0.25, 0.3) is 32.9 Å². The number of ketones is 1. The van der Waals surface area contributed by atoms with E-state index in [9.17, 15) is 4.79 Å². The van der Waals surface area contributed by atoms with E-state index in [0.29, 0.717) is 0 Å². The Labute approximate surface area is 190 Å². The van der Waals surface area contributed by atoms with Gasteiger partial charge in [-0.25, -0.2) is 0 Å². The molecule has 2 heterocycles. The monoisotopic (exact) mass is 576 g/mol. The molecular weight excluding hydrogens is 553 g/mol. The molecule has 0 saturated carbocycles. The molecule has 0 spiro atoms. The third-order valence-corrected chi connectivity index (χ3v) is 4.34. The number of pyridine rings is 2. The number of aryl methyl sites for hydroxylation is 2. The van der Waals surface area contributed by atoms with Gasteiger partial charge < -0.3 is 10.1 Å². The molecule has 30 heavy (non-hydrogen) atoms. The third kappa shape index (κ3) is 5.59. The molecule has 4 nitrogen and oxygen atoms in total. The molecule has 2 aromatic heterocycles. The second-order valence-electron chi connectivity index (χ2n) is 7.04. The first kappa shape index (κ1) is 23.4. The van der Waals surface area contributed by atoms with Gasteiger partial charge in [0.1, 0.15) is 0 Å². The number of nitrogens with zero attached hydrogens (tertiary/aromatic N) is 2. The van der Waals surface area contributed by atoms with Crippen molar-refractivity contribution in [2.75, 3.05) is 0 Å². The average molecular weight is 576 g/mol. The summed E-state index contributed by atoms with van der Waals surface area (Å²) in [7, 11) is 0. The number of benzene rings is 2. The minimum absolute atomic E-state index is 0. The van der Waals surface area contributed by atoms with Gasteiger partial charge in [0.15, 0.2) is 5.78 Å². The van der Waals surface area contributed by atoms with Crippen LogP contribution in [0, 0.1) is 19.9 Å². The Balaban J connectivity index is 0.000000350. The summed E-state index contributed by atoms with van der Waals surface area (Å²) < 4.78 is 0. The molecule has 1 N–H and O–H groups in total. The van der Waals surface area contributed by atoms with E-state index in [4.69, 9.17) is 5.11 Å². The Morgan fingerprint density at radius 2 is 1.73 bits per heavy atom. The topological polar surface area (TPSA) is 63.1 Å². The standard InChI is InChI=1S/C20H15N2.C5H8O2.Ir/c1-13-10-14(2)12-15(11-13)20-18-5-6-19-17(4-3-8-21-19)16(18)7-9-22-20;1-4(6)3-5(2)7;/h3-11H,1-2H3;3,6H,1-2H3;/q-1;;/b;4-3-;. The van der Waals surface area contributed by atoms with Crippen molar-refractivity contribution >= 4 is 27.5 Å². The fourth-order valence-corrected chi connectivity index (χ4v) is 3.35. The van der Waals surface area contributed by atoms with Crippen molar-refractivity contribution in [1.29, 1.82) is 0 Å². The smallest absolute Gasteiger partial charge is 0.155 e. The van der Waals surface area contributed by atoms with E-state index < -0.39 is 0 Å². The summed E-state index contributed by atoms with van der Waals surface area (Å²) in [6, 6.07) is 18.0. The number of aromatic nitrogens is 2. The first-order chi connectivity index (χ1) is 13.8. The summed E-state index contributed by atoms with van der Waals surface area (Å²) in [5.74, 6) is -0.0625. The quantitative estimate of drug-likeness (QED) is 0.140. The minimum atomic E-state index is -0.125. The number of fused-ring (bicyclic) bond motifs is 3. The summed E-state index contributed by atoms with van der Waals surface area (Å²) in [6.07, 6.45) is 4.86. The van der Waals surface area contributed by atoms with Crippen LogP contribution < -0.4 is 0 Å². The largest absolute Gasteiger partial charge is 0.512 e. The molecule has 0 bridgehead atoms. The van der Waals surface area contributed by atoms with E-state index in [1.807, 2.05) is 18.5 Å². The Hall–Kier alpha value is -2.88. The molecule has 0 aliphatic rings. The second kappa shape index (κ2) is 10.2. The van der Waals surface area contributed by atoms with E-state index in [1.165, 1.54) is 30.9 Å². The predicted molar refractivity (Wildman–Crippen MR) is 118 cm³/mol. The van der Waals surface area contributed by atoms with E-state index in [1.54, 1.807) is 0 Å². The fraction of sp³-hybridized carbons (Fsp3) is 0.160. The zero-order valence-corrected chi connectivity index (χ0v) is 19.8. The molecule has 0 aliphatic heterocycles. The maximum absolute atomic E-state index is 10.0. The van der Waals surface area contributed by atoms with Crippen LogP contribution in [0.2, 0.25) is 0 Å². The number of allylic oxidation sites excluding steroid dienone is 2. The summed E-state index contributed by atoms with van der Waals surface area (Å²) >= 11 is 0. The normalized spacial score (nSPS) is 10.9. The summed E-state index contributed by atoms with van der Waals surface area (Å²) in [5, 5.41) is 11.8. The average Bonchev–Trinajstić information content (AvgIpc) is 2.66. The number of aliphatic hydroxyl groups excluding tert-OH is 1. The number of hydrogen-bond donors (Lipinski definition) is 1. The molecule has 0 amide bonds. The first-order valence-corrected chi connectivity index (χ1v) is 9.36. The van der Waals surface area contributed by atoms with Crippen molar-refractivity contribution in [3.05, 3.63) is 83.9 Å². The van der Waals surface area contributed by atoms with Crippen molar-refractivity contribution in [3.8, 4) is 11.3 Å². The van der Waals surface area contributed by atoms with Gasteiger partial charge in [0, 0.05) is 44.0 Å². The van der Waals surface area contributed by atoms with Gasteiger partial charge in [-0.3, -0.25) is 9.78 Å². The van der Waals surface area contributed by atoms with Gasteiger partial charge in [-0.1, -0.05) is 26.0 Å². The van der Waals surface area contributed by atoms with Crippen molar-refractivity contribution in [2.45, 2.75) is 27.7 Å². The Kier molecular flexibility index (Phi) is 7.99. The van der Waals surface area contributed by atoms with Gasteiger partial charge in [0.2, 0.25) is 0 Å². The van der Waals surface area contributed by atoms with Crippen LogP contribution >= 0.6 is 0 Å². The van der Waals surface area contributed by atoms with Crippen molar-refractivity contribution in [1.82, 2.24) is 9.97 Å². The number of hydrogen-bond acceptors (Lipinski definition) is 4. The Morgan fingerprint density at radius 3 is 2.37 bits per heavy atom. The van der Waals surface area contributed by atoms with Gasteiger partial charge in [0.25, 0.3) is 0 Å². The van der Waals surface area contributed by atoms with Crippen molar-refractivity contribution in [2.24, 2.45) is 0 Å². The molecule has 2 aromatic carbocycles. The molecule has 0 fully saturated rings. The molecule has 1 radical (unpaired) electrons. The first-order valence-electron chi connectivity index (χ1n) is 9.36. The fourth-order valence-electron chi connectivity index (χ4n) is 3.35. The van der Waals surface area contributed by atoms with Gasteiger partial charge >= 0.3 is 0 Å². The molecule has 0 saturated heterocycles. The summed E-state index contributed by atoms with van der Waals surface area (Å²) in [5.41, 5.74) is 5.40. The minimum Gasteiger partial charge on any atom is -0.512 e. The molecule has 155 valence electrons. The molecule has 5 heteroatoms. The van der Waals surface area contributed by atoms with Crippen LogP contribution in [0.1, 0.15) is 25.0 Å². The number of carbonyl (C=O) groups excluding carboxylic acids is 1. The van der Waals surface area contributed by atoms with Crippen molar-refractivity contribution < 1.29 is 30.0 Å². The molecule has 0 aliphatic carbocycles. The summed E-state index contributed by atoms with van der Waals surface area (Å²) in [6.45, 7) is 7.02. The second-order valence-corrected chi connectivity index (χ2v) is 7.04. The molecule has 0 atom stereocenters. The van der Waals surface area contributed by atoms with Gasteiger partial charge in [-0.2, -0.15) is 0 Å². The van der Waals surface area contributed by atoms with Crippen LogP contribution in [0.15, 0.2) is 66.7 Å². The maximum Gasteiger partial charge on any atom is 0.155 e. The van der Waals surface area contributed by atoms with E-state index in [2.05, 4.69) is 66.3 Å². The number of rotatable bonds is 2. The predicted octanol–water partition coefficient (Wildman–Crippen LogP) is 5.90. The van der Waals surface area contributed by atoms with Crippen LogP contribution in [0.5, 0.6) is 0 Å². The van der Waals surface area contributed by atoms with Crippen LogP contribution in [-0.4, -0.2) is 20.9 Å². The molecule has 0 unspecified atom stereocenters. The number of carbonyl (C=O) groups is 1. The Morgan fingerprint density at radius 1 is 0.967 bits per heavy atom. The maximum atomic E-state index is 10.0. The third-order valence-electron chi connectivity index (χ3n) is 4.34. The van der Waals surface area contributed by atoms with E-state index >= 15 is 0 Å². The number of aliphatic hydroxyl groups is 1. The SMILES string of the molecule is CC(=O)/C=C(/C)O.Cc1[c-]c(-c2nccc3c2ccc2ncccc23)cc(C)c1.[Ir]. The molecular formula is C25H23IrN2O2-. The van der Waals surface area contributed by atoms with Crippen LogP contribution in [0.4, 0.5) is 0 Å². The van der Waals surface area contributed by atoms with Gasteiger partial charge in [0.05, 0.1) is 11.3 Å².